The van der Waals surface area contributed by atoms with Crippen LogP contribution in [0.3, 0.4) is 0 Å². The molecule has 0 fully saturated rings. The third-order valence-corrected chi connectivity index (χ3v) is 6.32. The van der Waals surface area contributed by atoms with E-state index in [4.69, 9.17) is 14.8 Å². The van der Waals surface area contributed by atoms with E-state index in [0.29, 0.717) is 11.6 Å². The summed E-state index contributed by atoms with van der Waals surface area (Å²) in [6.07, 6.45) is 6.88. The molecule has 116 valence electrons. The number of hydrogen-bond acceptors (Lipinski definition) is 7. The second kappa shape index (κ2) is 9.55. The van der Waals surface area contributed by atoms with Crippen LogP contribution in [0.15, 0.2) is 4.52 Å². The predicted octanol–water partition coefficient (Wildman–Crippen LogP) is 3.57. The minimum Gasteiger partial charge on any atom is -0.338 e. The van der Waals surface area contributed by atoms with Crippen LogP contribution < -0.4 is 5.73 Å². The highest BCUT2D eigenvalue weighted by Crippen LogP contribution is 2.56. The molecule has 6 nitrogen and oxygen atoms in total. The molecule has 0 aliphatic heterocycles. The Balaban J connectivity index is 2.27. The summed E-state index contributed by atoms with van der Waals surface area (Å²) in [7, 11) is 0. The van der Waals surface area contributed by atoms with E-state index in [9.17, 15) is 4.57 Å². The zero-order valence-corrected chi connectivity index (χ0v) is 13.9. The first kappa shape index (κ1) is 17.7. The molecule has 1 aromatic rings. The first-order valence-corrected chi connectivity index (χ1v) is 10.6. The Bertz CT molecular complexity index is 428. The van der Waals surface area contributed by atoms with Gasteiger partial charge in [0.15, 0.2) is 5.82 Å². The number of nitrogens with two attached hydrogens (primary N) is 1. The normalized spacial score (nSPS) is 14.3. The molecule has 1 heterocycles. The molecule has 0 bridgehead atoms. The molecule has 1 atom stereocenters. The molecular formula is C12H24N3O3PS. The van der Waals surface area contributed by atoms with Crippen LogP contribution in [0.2, 0.25) is 0 Å². The molecule has 0 radical (unpaired) electrons. The van der Waals surface area contributed by atoms with Gasteiger partial charge >= 0.3 is 0 Å². The summed E-state index contributed by atoms with van der Waals surface area (Å²) in [5.74, 6) is 1.60. The first-order valence-electron chi connectivity index (χ1n) is 6.95. The number of hydrogen-bond donors (Lipinski definition) is 1. The van der Waals surface area contributed by atoms with Gasteiger partial charge in [0.2, 0.25) is 5.89 Å². The smallest absolute Gasteiger partial charge is 0.256 e. The molecule has 1 rings (SSSR count). The van der Waals surface area contributed by atoms with E-state index in [1.54, 1.807) is 0 Å². The standard InChI is InChI=1S/C12H24N3O3PS/c1-3-4-5-6-7-8-11-14-12(18-15-11)9-20-19(2,16)17-10-13/h3-10,13H2,1-2H3. The van der Waals surface area contributed by atoms with Crippen molar-refractivity contribution in [1.82, 2.24) is 10.1 Å². The van der Waals surface area contributed by atoms with Gasteiger partial charge in [0.05, 0.1) is 5.75 Å². The zero-order chi connectivity index (χ0) is 14.8. The van der Waals surface area contributed by atoms with Crippen molar-refractivity contribution < 1.29 is 13.6 Å². The number of rotatable bonds is 11. The Morgan fingerprint density at radius 3 is 2.80 bits per heavy atom. The summed E-state index contributed by atoms with van der Waals surface area (Å²) in [6.45, 7) is 0.969. The Hall–Kier alpha value is -0.360. The van der Waals surface area contributed by atoms with Gasteiger partial charge in [-0.2, -0.15) is 4.98 Å². The quantitative estimate of drug-likeness (QED) is 0.378. The van der Waals surface area contributed by atoms with Crippen LogP contribution in [0.4, 0.5) is 0 Å². The van der Waals surface area contributed by atoms with E-state index in [2.05, 4.69) is 17.1 Å². The second-order valence-electron chi connectivity index (χ2n) is 4.61. The Morgan fingerprint density at radius 1 is 1.35 bits per heavy atom. The average Bonchev–Trinajstić information content (AvgIpc) is 2.84. The van der Waals surface area contributed by atoms with Gasteiger partial charge < -0.3 is 14.8 Å². The zero-order valence-electron chi connectivity index (χ0n) is 12.2. The van der Waals surface area contributed by atoms with E-state index in [1.807, 2.05) is 0 Å². The molecule has 0 spiro atoms. The van der Waals surface area contributed by atoms with Gasteiger partial charge in [-0.05, 0) is 6.42 Å². The average molecular weight is 321 g/mol. The molecule has 0 saturated carbocycles. The molecule has 0 saturated heterocycles. The van der Waals surface area contributed by atoms with Crippen molar-refractivity contribution in [3.63, 3.8) is 0 Å². The summed E-state index contributed by atoms with van der Waals surface area (Å²) in [6, 6.07) is 0. The Kier molecular flexibility index (Phi) is 8.45. The van der Waals surface area contributed by atoms with E-state index < -0.39 is 6.57 Å². The lowest BCUT2D eigenvalue weighted by atomic mass is 10.1. The van der Waals surface area contributed by atoms with Crippen LogP contribution in [0.5, 0.6) is 0 Å². The van der Waals surface area contributed by atoms with E-state index in [0.717, 1.165) is 30.0 Å². The molecular weight excluding hydrogens is 297 g/mol. The topological polar surface area (TPSA) is 91.2 Å². The molecule has 1 aromatic heterocycles. The summed E-state index contributed by atoms with van der Waals surface area (Å²) in [5, 5.41) is 3.93. The molecule has 0 amide bonds. The summed E-state index contributed by atoms with van der Waals surface area (Å²) in [5.41, 5.74) is 5.22. The van der Waals surface area contributed by atoms with Crippen molar-refractivity contribution in [3.8, 4) is 0 Å². The maximum Gasteiger partial charge on any atom is 0.256 e. The number of aromatic nitrogens is 2. The van der Waals surface area contributed by atoms with Gasteiger partial charge in [0.1, 0.15) is 6.73 Å². The minimum absolute atomic E-state index is 0.0480. The van der Waals surface area contributed by atoms with E-state index in [1.165, 1.54) is 32.3 Å². The monoisotopic (exact) mass is 321 g/mol. The first-order chi connectivity index (χ1) is 9.57. The van der Waals surface area contributed by atoms with Crippen LogP contribution in [-0.2, 0) is 21.3 Å². The van der Waals surface area contributed by atoms with Crippen molar-refractivity contribution in [2.75, 3.05) is 13.4 Å². The van der Waals surface area contributed by atoms with Crippen LogP contribution in [0.25, 0.3) is 0 Å². The lowest BCUT2D eigenvalue weighted by Gasteiger charge is -2.09. The van der Waals surface area contributed by atoms with Gasteiger partial charge in [-0.1, -0.05) is 49.1 Å². The molecule has 0 aliphatic carbocycles. The highest BCUT2D eigenvalue weighted by Gasteiger charge is 2.18. The van der Waals surface area contributed by atoms with Gasteiger partial charge in [-0.3, -0.25) is 4.57 Å². The largest absolute Gasteiger partial charge is 0.338 e. The molecule has 0 aromatic carbocycles. The molecule has 8 heteroatoms. The minimum atomic E-state index is -2.72. The van der Waals surface area contributed by atoms with Crippen molar-refractivity contribution >= 4 is 18.0 Å². The maximum atomic E-state index is 11.8. The van der Waals surface area contributed by atoms with Gasteiger partial charge in [-0.15, -0.1) is 0 Å². The molecule has 20 heavy (non-hydrogen) atoms. The lowest BCUT2D eigenvalue weighted by molar-refractivity contribution is 0.339. The van der Waals surface area contributed by atoms with Gasteiger partial charge in [0.25, 0.3) is 6.57 Å². The summed E-state index contributed by atoms with van der Waals surface area (Å²) < 4.78 is 21.9. The fourth-order valence-electron chi connectivity index (χ4n) is 1.68. The third kappa shape index (κ3) is 7.43. The van der Waals surface area contributed by atoms with Crippen LogP contribution in [0.1, 0.15) is 50.7 Å². The van der Waals surface area contributed by atoms with Crippen molar-refractivity contribution in [2.24, 2.45) is 5.73 Å². The summed E-state index contributed by atoms with van der Waals surface area (Å²) >= 11 is 1.16. The number of nitrogens with zero attached hydrogens (tertiary/aromatic N) is 2. The van der Waals surface area contributed by atoms with Gasteiger partial charge in [-0.25, -0.2) is 0 Å². The molecule has 0 aliphatic rings. The number of aryl methyl sites for hydroxylation is 1. The highest BCUT2D eigenvalue weighted by molar-refractivity contribution is 8.56. The van der Waals surface area contributed by atoms with Crippen LogP contribution >= 0.6 is 18.0 Å². The SMILES string of the molecule is CCCCCCCc1noc(CSP(C)(=O)OCN)n1. The van der Waals surface area contributed by atoms with Gasteiger partial charge in [0, 0.05) is 13.1 Å². The second-order valence-corrected chi connectivity index (χ2v) is 9.72. The van der Waals surface area contributed by atoms with Crippen molar-refractivity contribution in [2.45, 2.75) is 51.2 Å². The van der Waals surface area contributed by atoms with Crippen LogP contribution in [-0.4, -0.2) is 23.5 Å². The fourth-order valence-corrected chi connectivity index (χ4v) is 3.93. The molecule has 1 unspecified atom stereocenters. The molecule has 2 N–H and O–H groups in total. The fraction of sp³-hybridized carbons (Fsp3) is 0.833. The summed E-state index contributed by atoms with van der Waals surface area (Å²) in [4.78, 5) is 4.28. The van der Waals surface area contributed by atoms with Crippen molar-refractivity contribution in [1.29, 1.82) is 0 Å². The van der Waals surface area contributed by atoms with Crippen molar-refractivity contribution in [3.05, 3.63) is 11.7 Å². The third-order valence-electron chi connectivity index (χ3n) is 2.75. The Morgan fingerprint density at radius 2 is 2.10 bits per heavy atom. The highest BCUT2D eigenvalue weighted by atomic mass is 32.7. The lowest BCUT2D eigenvalue weighted by Crippen LogP contribution is -2.01. The van der Waals surface area contributed by atoms with Crippen LogP contribution in [0, 0.1) is 0 Å². The number of unbranched alkanes of at least 4 members (excludes halogenated alkanes) is 4. The van der Waals surface area contributed by atoms with E-state index >= 15 is 0 Å². The maximum absolute atomic E-state index is 11.8. The Labute approximate surface area is 124 Å². The predicted molar refractivity (Wildman–Crippen MR) is 81.7 cm³/mol. The van der Waals surface area contributed by atoms with E-state index in [-0.39, 0.29) is 6.73 Å².